The Labute approximate surface area is 207 Å². The number of methoxy groups -OCH3 is 1. The second-order valence-electron chi connectivity index (χ2n) is 9.10. The number of aromatic nitrogens is 1. The van der Waals surface area contributed by atoms with Gasteiger partial charge in [0.25, 0.3) is 5.91 Å². The van der Waals surface area contributed by atoms with Crippen LogP contribution < -0.4 is 20.5 Å². The molecule has 36 heavy (non-hydrogen) atoms. The minimum atomic E-state index is -3.00. The van der Waals surface area contributed by atoms with Crippen LogP contribution in [0.5, 0.6) is 11.5 Å². The van der Waals surface area contributed by atoms with Gasteiger partial charge >= 0.3 is 12.7 Å². The molecule has 2 aromatic rings. The zero-order valence-electron chi connectivity index (χ0n) is 20.2. The van der Waals surface area contributed by atoms with E-state index in [1.807, 2.05) is 0 Å². The summed E-state index contributed by atoms with van der Waals surface area (Å²) in [6, 6.07) is 3.73. The molecule has 3 N–H and O–H groups in total. The first-order valence-corrected chi connectivity index (χ1v) is 11.8. The van der Waals surface area contributed by atoms with Gasteiger partial charge in [-0.1, -0.05) is 0 Å². The van der Waals surface area contributed by atoms with Crippen molar-refractivity contribution in [2.45, 2.75) is 38.8 Å². The van der Waals surface area contributed by atoms with E-state index in [1.165, 1.54) is 25.3 Å². The van der Waals surface area contributed by atoms with Crippen molar-refractivity contribution in [2.75, 3.05) is 33.4 Å². The molecule has 12 heteroatoms. The summed E-state index contributed by atoms with van der Waals surface area (Å²) in [4.78, 5) is 30.6. The summed E-state index contributed by atoms with van der Waals surface area (Å²) >= 11 is 0. The minimum Gasteiger partial charge on any atom is -0.489 e. The summed E-state index contributed by atoms with van der Waals surface area (Å²) in [5, 5.41) is 2.84. The number of hydrogen-bond donors (Lipinski definition) is 2. The number of carbonyl (C=O) groups excluding carboxylic acids is 2. The molecule has 2 aliphatic rings. The Balaban J connectivity index is 1.49. The maximum Gasteiger partial charge on any atom is 0.409 e. The lowest BCUT2D eigenvalue weighted by Gasteiger charge is -2.15. The van der Waals surface area contributed by atoms with E-state index in [9.17, 15) is 18.4 Å². The highest BCUT2D eigenvalue weighted by Crippen LogP contribution is 2.37. The summed E-state index contributed by atoms with van der Waals surface area (Å²) in [6.07, 6.45) is 2.40. The van der Waals surface area contributed by atoms with Gasteiger partial charge in [0.05, 0.1) is 19.8 Å². The minimum absolute atomic E-state index is 0.0381. The van der Waals surface area contributed by atoms with Crippen LogP contribution in [0.1, 0.15) is 48.5 Å². The number of carbonyl (C=O) groups is 2. The quantitative estimate of drug-likeness (QED) is 0.498. The summed E-state index contributed by atoms with van der Waals surface area (Å²) in [7, 11) is 1.33. The second kappa shape index (κ2) is 11.1. The normalized spacial score (nSPS) is 18.3. The second-order valence-corrected chi connectivity index (χ2v) is 9.10. The van der Waals surface area contributed by atoms with E-state index in [0.717, 1.165) is 19.3 Å². The molecule has 10 nitrogen and oxygen atoms in total. The Bertz CT molecular complexity index is 1090. The van der Waals surface area contributed by atoms with Crippen molar-refractivity contribution in [2.24, 2.45) is 17.6 Å². The summed E-state index contributed by atoms with van der Waals surface area (Å²) in [5.74, 6) is 0.354. The van der Waals surface area contributed by atoms with Crippen LogP contribution in [0.4, 0.5) is 13.6 Å². The zero-order chi connectivity index (χ0) is 25.8. The van der Waals surface area contributed by atoms with Gasteiger partial charge in [0, 0.05) is 25.2 Å². The van der Waals surface area contributed by atoms with Gasteiger partial charge in [0.1, 0.15) is 0 Å². The van der Waals surface area contributed by atoms with Crippen LogP contribution in [0.3, 0.4) is 0 Å². The number of rotatable bonds is 10. The molecule has 0 bridgehead atoms. The number of amides is 2. The molecule has 1 unspecified atom stereocenters. The molecule has 1 aliphatic carbocycles. The number of hydrogen-bond acceptors (Lipinski definition) is 8. The molecular weight excluding hydrogens is 478 g/mol. The molecule has 4 rings (SSSR count). The lowest BCUT2D eigenvalue weighted by Crippen LogP contribution is -2.33. The molecule has 1 saturated heterocycles. The number of halogens is 2. The third kappa shape index (κ3) is 6.23. The van der Waals surface area contributed by atoms with Gasteiger partial charge in [-0.05, 0) is 56.2 Å². The predicted octanol–water partition coefficient (Wildman–Crippen LogP) is 3.57. The Hall–Kier alpha value is -3.41. The van der Waals surface area contributed by atoms with Crippen LogP contribution in [0, 0.1) is 11.8 Å². The van der Waals surface area contributed by atoms with Crippen LogP contribution >= 0.6 is 0 Å². The van der Waals surface area contributed by atoms with Crippen LogP contribution in [-0.2, 0) is 4.74 Å². The van der Waals surface area contributed by atoms with Crippen LogP contribution in [0.2, 0.25) is 0 Å². The molecule has 2 heterocycles. The molecule has 1 aliphatic heterocycles. The van der Waals surface area contributed by atoms with Gasteiger partial charge < -0.3 is 34.6 Å². The van der Waals surface area contributed by atoms with Gasteiger partial charge in [0.15, 0.2) is 23.0 Å². The monoisotopic (exact) mass is 508 g/mol. The standard InChI is InChI=1S/C24H30F2N4O6/c1-13(27)20-19(21(31)28-10-15-7-8-30(11-15)24(32)33-2)29-22(36-20)16-5-6-17(35-23(25)26)18(9-16)34-12-14-3-4-14/h5-6,9,13-15,23H,3-4,7-8,10-12,27H2,1-2H3,(H,28,31)/t13-,15?/m0/s1. The number of nitrogens with one attached hydrogen (secondary N) is 1. The van der Waals surface area contributed by atoms with E-state index in [1.54, 1.807) is 11.8 Å². The topological polar surface area (TPSA) is 129 Å². The van der Waals surface area contributed by atoms with Gasteiger partial charge in [-0.15, -0.1) is 0 Å². The van der Waals surface area contributed by atoms with Crippen molar-refractivity contribution in [1.82, 2.24) is 15.2 Å². The van der Waals surface area contributed by atoms with Gasteiger partial charge in [-0.3, -0.25) is 4.79 Å². The Morgan fingerprint density at radius 1 is 1.25 bits per heavy atom. The van der Waals surface area contributed by atoms with Crippen molar-refractivity contribution in [3.05, 3.63) is 29.7 Å². The van der Waals surface area contributed by atoms with Crippen LogP contribution in [0.25, 0.3) is 11.5 Å². The number of ether oxygens (including phenoxy) is 3. The highest BCUT2D eigenvalue weighted by Gasteiger charge is 2.29. The molecule has 2 atom stereocenters. The smallest absolute Gasteiger partial charge is 0.409 e. The zero-order valence-corrected chi connectivity index (χ0v) is 20.2. The summed E-state index contributed by atoms with van der Waals surface area (Å²) < 4.78 is 46.5. The Morgan fingerprint density at radius 3 is 2.69 bits per heavy atom. The third-order valence-electron chi connectivity index (χ3n) is 6.13. The maximum atomic E-state index is 12.9. The first-order valence-electron chi connectivity index (χ1n) is 11.8. The molecule has 2 fully saturated rings. The van der Waals surface area contributed by atoms with Gasteiger partial charge in [-0.25, -0.2) is 9.78 Å². The number of nitrogens with two attached hydrogens (primary N) is 1. The number of alkyl halides is 2. The highest BCUT2D eigenvalue weighted by atomic mass is 19.3. The highest BCUT2D eigenvalue weighted by molar-refractivity contribution is 5.94. The largest absolute Gasteiger partial charge is 0.489 e. The molecular formula is C24H30F2N4O6. The first-order chi connectivity index (χ1) is 17.2. The first kappa shape index (κ1) is 25.7. The fourth-order valence-electron chi connectivity index (χ4n) is 3.98. The van der Waals surface area contributed by atoms with E-state index in [0.29, 0.717) is 37.7 Å². The molecule has 1 saturated carbocycles. The number of nitrogens with zero attached hydrogens (tertiary/aromatic N) is 2. The number of likely N-dealkylation sites (tertiary alicyclic amines) is 1. The van der Waals surface area contributed by atoms with E-state index < -0.39 is 24.7 Å². The fourth-order valence-corrected chi connectivity index (χ4v) is 3.98. The lowest BCUT2D eigenvalue weighted by atomic mass is 10.1. The fraction of sp³-hybridized carbons (Fsp3) is 0.542. The molecule has 2 amide bonds. The van der Waals surface area contributed by atoms with Crippen molar-refractivity contribution in [1.29, 1.82) is 0 Å². The van der Waals surface area contributed by atoms with Crippen molar-refractivity contribution >= 4 is 12.0 Å². The summed E-state index contributed by atoms with van der Waals surface area (Å²) in [6.45, 7) is 0.431. The average molecular weight is 509 g/mol. The van der Waals surface area contributed by atoms with E-state index in [-0.39, 0.29) is 34.8 Å². The Kier molecular flexibility index (Phi) is 7.92. The van der Waals surface area contributed by atoms with Crippen LogP contribution in [0.15, 0.2) is 22.6 Å². The third-order valence-corrected chi connectivity index (χ3v) is 6.13. The van der Waals surface area contributed by atoms with Crippen LogP contribution in [-0.4, -0.2) is 61.8 Å². The molecule has 0 radical (unpaired) electrons. The average Bonchev–Trinajstić information content (AvgIpc) is 3.37. The van der Waals surface area contributed by atoms with Gasteiger partial charge in [-0.2, -0.15) is 8.78 Å². The van der Waals surface area contributed by atoms with E-state index in [4.69, 9.17) is 19.6 Å². The maximum absolute atomic E-state index is 12.9. The SMILES string of the molecule is COC(=O)N1CCC(CNC(=O)c2nc(-c3ccc(OC(F)F)c(OCC4CC4)c3)oc2[C@H](C)N)C1. The molecule has 196 valence electrons. The Morgan fingerprint density at radius 2 is 2.03 bits per heavy atom. The molecule has 0 spiro atoms. The summed E-state index contributed by atoms with van der Waals surface area (Å²) in [5.41, 5.74) is 6.49. The van der Waals surface area contributed by atoms with Crippen molar-refractivity contribution in [3.63, 3.8) is 0 Å². The number of oxazole rings is 1. The molecule has 1 aromatic carbocycles. The van der Waals surface area contributed by atoms with Crippen molar-refractivity contribution < 1.29 is 37.0 Å². The predicted molar refractivity (Wildman–Crippen MR) is 124 cm³/mol. The number of benzene rings is 1. The van der Waals surface area contributed by atoms with Crippen molar-refractivity contribution in [3.8, 4) is 23.0 Å². The van der Waals surface area contributed by atoms with Gasteiger partial charge in [0.2, 0.25) is 5.89 Å². The lowest BCUT2D eigenvalue weighted by molar-refractivity contribution is -0.0515. The van der Waals surface area contributed by atoms with E-state index >= 15 is 0 Å². The molecule has 1 aromatic heterocycles. The van der Waals surface area contributed by atoms with E-state index in [2.05, 4.69) is 15.0 Å².